The first-order chi connectivity index (χ1) is 8.54. The van der Waals surface area contributed by atoms with Crippen LogP contribution in [-0.4, -0.2) is 48.9 Å². The van der Waals surface area contributed by atoms with Crippen LogP contribution in [0.3, 0.4) is 0 Å². The summed E-state index contributed by atoms with van der Waals surface area (Å²) < 4.78 is 10.7. The highest BCUT2D eigenvalue weighted by Crippen LogP contribution is 2.46. The van der Waals surface area contributed by atoms with E-state index in [9.17, 15) is 9.59 Å². The van der Waals surface area contributed by atoms with E-state index < -0.39 is 17.3 Å². The van der Waals surface area contributed by atoms with Gasteiger partial charge in [0.1, 0.15) is 5.41 Å². The molecule has 0 spiro atoms. The summed E-state index contributed by atoms with van der Waals surface area (Å²) in [7, 11) is 0. The van der Waals surface area contributed by atoms with Crippen molar-refractivity contribution in [2.24, 2.45) is 5.41 Å². The van der Waals surface area contributed by atoms with Crippen LogP contribution in [0.15, 0.2) is 0 Å². The monoisotopic (exact) mass is 257 g/mol. The van der Waals surface area contributed by atoms with E-state index >= 15 is 0 Å². The van der Waals surface area contributed by atoms with Crippen LogP contribution in [-0.2, 0) is 19.1 Å². The molecule has 1 saturated carbocycles. The predicted octanol–water partition coefficient (Wildman–Crippen LogP) is 0.161. The van der Waals surface area contributed by atoms with Crippen LogP contribution < -0.4 is 5.32 Å². The highest BCUT2D eigenvalue weighted by molar-refractivity contribution is 6.04. The van der Waals surface area contributed by atoms with Gasteiger partial charge >= 0.3 is 5.97 Å². The van der Waals surface area contributed by atoms with Gasteiger partial charge in [0.25, 0.3) is 0 Å². The van der Waals surface area contributed by atoms with Crippen molar-refractivity contribution in [3.05, 3.63) is 0 Å². The van der Waals surface area contributed by atoms with Crippen molar-refractivity contribution in [1.29, 1.82) is 0 Å². The van der Waals surface area contributed by atoms with Gasteiger partial charge in [-0.3, -0.25) is 9.59 Å². The Balaban J connectivity index is 1.72. The number of amides is 1. The Morgan fingerprint density at radius 1 is 1.56 bits per heavy atom. The van der Waals surface area contributed by atoms with E-state index in [0.29, 0.717) is 32.7 Å². The number of carboxylic acids is 1. The topological polar surface area (TPSA) is 84.9 Å². The first-order valence-corrected chi connectivity index (χ1v) is 6.28. The Morgan fingerprint density at radius 3 is 2.78 bits per heavy atom. The molecule has 2 unspecified atom stereocenters. The number of ether oxygens (including phenoxy) is 2. The van der Waals surface area contributed by atoms with Crippen molar-refractivity contribution in [2.45, 2.75) is 38.3 Å². The minimum atomic E-state index is -1.18. The zero-order chi connectivity index (χ0) is 13.2. The van der Waals surface area contributed by atoms with Gasteiger partial charge in [0.2, 0.25) is 5.91 Å². The van der Waals surface area contributed by atoms with Crippen LogP contribution in [0.2, 0.25) is 0 Å². The number of rotatable bonds is 6. The Hall–Kier alpha value is -1.14. The summed E-state index contributed by atoms with van der Waals surface area (Å²) in [6.07, 6.45) is 1.83. The van der Waals surface area contributed by atoms with E-state index in [0.717, 1.165) is 6.42 Å². The summed E-state index contributed by atoms with van der Waals surface area (Å²) in [4.78, 5) is 22.8. The smallest absolute Gasteiger partial charge is 0.319 e. The second-order valence-corrected chi connectivity index (χ2v) is 5.08. The van der Waals surface area contributed by atoms with E-state index in [1.54, 1.807) is 0 Å². The molecule has 1 amide bonds. The lowest BCUT2D eigenvalue weighted by Gasteiger charge is -2.19. The molecule has 0 bridgehead atoms. The minimum absolute atomic E-state index is 0.0960. The fraction of sp³-hybridized carbons (Fsp3) is 0.833. The molecule has 0 aromatic carbocycles. The third-order valence-corrected chi connectivity index (χ3v) is 3.44. The Kier molecular flexibility index (Phi) is 3.87. The predicted molar refractivity (Wildman–Crippen MR) is 62.1 cm³/mol. The zero-order valence-corrected chi connectivity index (χ0v) is 10.5. The van der Waals surface area contributed by atoms with Gasteiger partial charge in [-0.15, -0.1) is 0 Å². The molecule has 1 aliphatic heterocycles. The summed E-state index contributed by atoms with van der Waals surface area (Å²) in [6.45, 7) is 3.51. The molecule has 102 valence electrons. The van der Waals surface area contributed by atoms with Crippen molar-refractivity contribution in [1.82, 2.24) is 5.32 Å². The second kappa shape index (κ2) is 5.24. The summed E-state index contributed by atoms with van der Waals surface area (Å²) in [5, 5.41) is 11.7. The molecule has 6 heteroatoms. The average molecular weight is 257 g/mol. The van der Waals surface area contributed by atoms with Crippen LogP contribution in [0.5, 0.6) is 0 Å². The normalized spacial score (nSPS) is 26.6. The zero-order valence-electron chi connectivity index (χ0n) is 10.5. The molecule has 6 nitrogen and oxygen atoms in total. The van der Waals surface area contributed by atoms with E-state index in [-0.39, 0.29) is 12.1 Å². The average Bonchev–Trinajstić information content (AvgIpc) is 2.98. The fourth-order valence-electron chi connectivity index (χ4n) is 1.99. The molecule has 1 saturated heterocycles. The lowest BCUT2D eigenvalue weighted by molar-refractivity contribution is -0.149. The third kappa shape index (κ3) is 2.81. The molecule has 18 heavy (non-hydrogen) atoms. The maximum atomic E-state index is 11.8. The van der Waals surface area contributed by atoms with Gasteiger partial charge in [-0.1, -0.05) is 0 Å². The number of hydrogen-bond donors (Lipinski definition) is 2. The summed E-state index contributed by atoms with van der Waals surface area (Å²) in [6, 6.07) is -0.185. The summed E-state index contributed by atoms with van der Waals surface area (Å²) >= 11 is 0. The molecular weight excluding hydrogens is 238 g/mol. The molecule has 2 rings (SSSR count). The van der Waals surface area contributed by atoms with E-state index in [4.69, 9.17) is 14.6 Å². The Labute approximate surface area is 106 Å². The molecule has 0 aromatic rings. The number of hydrogen-bond acceptors (Lipinski definition) is 4. The number of nitrogens with one attached hydrogen (secondary N) is 1. The standard InChI is InChI=1S/C12H19NO5/c1-8(6-18-9-2-5-17-7-9)13-10(14)12(3-4-12)11(15)16/h8-9H,2-7H2,1H3,(H,13,14)(H,15,16). The highest BCUT2D eigenvalue weighted by atomic mass is 16.5. The van der Waals surface area contributed by atoms with E-state index in [1.165, 1.54) is 0 Å². The van der Waals surface area contributed by atoms with Crippen molar-refractivity contribution >= 4 is 11.9 Å². The Bertz CT molecular complexity index is 333. The van der Waals surface area contributed by atoms with Gasteiger partial charge in [-0.05, 0) is 26.2 Å². The first kappa shape index (κ1) is 13.3. The molecule has 0 aromatic heterocycles. The van der Waals surface area contributed by atoms with Crippen molar-refractivity contribution < 1.29 is 24.2 Å². The largest absolute Gasteiger partial charge is 0.480 e. The molecule has 2 N–H and O–H groups in total. The van der Waals surface area contributed by atoms with Crippen molar-refractivity contribution in [3.63, 3.8) is 0 Å². The maximum absolute atomic E-state index is 11.8. The van der Waals surface area contributed by atoms with Crippen LogP contribution in [0.25, 0.3) is 0 Å². The maximum Gasteiger partial charge on any atom is 0.319 e. The molecule has 2 atom stereocenters. The number of aliphatic carboxylic acids is 1. The fourth-order valence-corrected chi connectivity index (χ4v) is 1.99. The SMILES string of the molecule is CC(COC1CCOC1)NC(=O)C1(C(=O)O)CC1. The van der Waals surface area contributed by atoms with Crippen LogP contribution in [0, 0.1) is 5.41 Å². The van der Waals surface area contributed by atoms with Crippen LogP contribution in [0.4, 0.5) is 0 Å². The lowest BCUT2D eigenvalue weighted by atomic mass is 10.1. The molecular formula is C12H19NO5. The van der Waals surface area contributed by atoms with Gasteiger partial charge in [0.05, 0.1) is 19.3 Å². The first-order valence-electron chi connectivity index (χ1n) is 6.28. The van der Waals surface area contributed by atoms with E-state index in [2.05, 4.69) is 5.32 Å². The number of carbonyl (C=O) groups is 2. The molecule has 2 aliphatic rings. The minimum Gasteiger partial charge on any atom is -0.480 e. The molecule has 1 aliphatic carbocycles. The van der Waals surface area contributed by atoms with Gasteiger partial charge in [0.15, 0.2) is 0 Å². The quantitative estimate of drug-likeness (QED) is 0.662. The number of carboxylic acid groups (broad SMARTS) is 1. The molecule has 1 heterocycles. The Morgan fingerprint density at radius 2 is 2.28 bits per heavy atom. The third-order valence-electron chi connectivity index (χ3n) is 3.44. The van der Waals surface area contributed by atoms with E-state index in [1.807, 2.05) is 6.92 Å². The van der Waals surface area contributed by atoms with Crippen LogP contribution in [0.1, 0.15) is 26.2 Å². The molecule has 0 radical (unpaired) electrons. The van der Waals surface area contributed by atoms with Gasteiger partial charge in [0, 0.05) is 12.6 Å². The summed E-state index contributed by atoms with van der Waals surface area (Å²) in [5.41, 5.74) is -1.18. The van der Waals surface area contributed by atoms with Crippen molar-refractivity contribution in [2.75, 3.05) is 19.8 Å². The van der Waals surface area contributed by atoms with Crippen LogP contribution >= 0.6 is 0 Å². The highest BCUT2D eigenvalue weighted by Gasteiger charge is 2.57. The lowest BCUT2D eigenvalue weighted by Crippen LogP contribution is -2.43. The van der Waals surface area contributed by atoms with Gasteiger partial charge in [-0.2, -0.15) is 0 Å². The van der Waals surface area contributed by atoms with Crippen molar-refractivity contribution in [3.8, 4) is 0 Å². The summed E-state index contributed by atoms with van der Waals surface area (Å²) in [5.74, 6) is -1.42. The molecule has 2 fully saturated rings. The second-order valence-electron chi connectivity index (χ2n) is 5.08. The number of carbonyl (C=O) groups excluding carboxylic acids is 1. The van der Waals surface area contributed by atoms with Gasteiger partial charge < -0.3 is 19.9 Å². The van der Waals surface area contributed by atoms with Gasteiger partial charge in [-0.25, -0.2) is 0 Å².